The SMILES string of the molecule is CCN(Cc1cc(CNC2CC2)sc1C)C1CC1. The molecule has 3 heteroatoms. The molecular weight excluding hydrogens is 240 g/mol. The average Bonchev–Trinajstić information content (AvgIpc) is 3.24. The molecule has 18 heavy (non-hydrogen) atoms. The van der Waals surface area contributed by atoms with E-state index in [1.54, 1.807) is 5.56 Å². The highest BCUT2D eigenvalue weighted by Gasteiger charge is 2.28. The zero-order chi connectivity index (χ0) is 12.5. The van der Waals surface area contributed by atoms with Gasteiger partial charge in [-0.05, 0) is 50.8 Å². The predicted octanol–water partition coefficient (Wildman–Crippen LogP) is 3.29. The number of aryl methyl sites for hydroxylation is 1. The largest absolute Gasteiger partial charge is 0.309 e. The summed E-state index contributed by atoms with van der Waals surface area (Å²) in [6.45, 7) is 7.99. The fourth-order valence-electron chi connectivity index (χ4n) is 2.52. The minimum atomic E-state index is 0.814. The van der Waals surface area contributed by atoms with Gasteiger partial charge in [0.2, 0.25) is 0 Å². The Morgan fingerprint density at radius 3 is 2.72 bits per heavy atom. The first-order valence-corrected chi connectivity index (χ1v) is 8.13. The molecule has 0 atom stereocenters. The van der Waals surface area contributed by atoms with Crippen LogP contribution in [-0.4, -0.2) is 23.5 Å². The zero-order valence-corrected chi connectivity index (χ0v) is 12.4. The summed E-state index contributed by atoms with van der Waals surface area (Å²) in [7, 11) is 0. The second-order valence-electron chi connectivity index (χ2n) is 5.74. The Kier molecular flexibility index (Phi) is 3.73. The Morgan fingerprint density at radius 1 is 1.33 bits per heavy atom. The summed E-state index contributed by atoms with van der Waals surface area (Å²) in [5.74, 6) is 0. The van der Waals surface area contributed by atoms with Crippen molar-refractivity contribution in [1.82, 2.24) is 10.2 Å². The molecule has 0 unspecified atom stereocenters. The normalized spacial score (nSPS) is 19.7. The zero-order valence-electron chi connectivity index (χ0n) is 11.5. The van der Waals surface area contributed by atoms with Crippen LogP contribution in [0.25, 0.3) is 0 Å². The standard InChI is InChI=1S/C15H24N2S/c1-3-17(14-6-7-14)10-12-8-15(18-11(12)2)9-16-13-4-5-13/h8,13-14,16H,3-7,9-10H2,1-2H3. The summed E-state index contributed by atoms with van der Waals surface area (Å²) in [5, 5.41) is 3.61. The first-order chi connectivity index (χ1) is 8.76. The number of nitrogens with zero attached hydrogens (tertiary/aromatic N) is 1. The molecule has 2 aliphatic rings. The molecule has 0 spiro atoms. The molecule has 2 aliphatic carbocycles. The van der Waals surface area contributed by atoms with E-state index in [2.05, 4.69) is 30.1 Å². The Balaban J connectivity index is 1.59. The van der Waals surface area contributed by atoms with Gasteiger partial charge in [-0.1, -0.05) is 6.92 Å². The number of hydrogen-bond donors (Lipinski definition) is 1. The van der Waals surface area contributed by atoms with Crippen LogP contribution in [0.15, 0.2) is 6.07 Å². The van der Waals surface area contributed by atoms with Gasteiger partial charge in [0.05, 0.1) is 0 Å². The molecule has 0 amide bonds. The van der Waals surface area contributed by atoms with E-state index in [1.807, 2.05) is 11.3 Å². The quantitative estimate of drug-likeness (QED) is 0.813. The first kappa shape index (κ1) is 12.6. The van der Waals surface area contributed by atoms with Crippen LogP contribution in [0.3, 0.4) is 0 Å². The van der Waals surface area contributed by atoms with Crippen LogP contribution in [0.2, 0.25) is 0 Å². The third kappa shape index (κ3) is 3.14. The highest BCUT2D eigenvalue weighted by Crippen LogP contribution is 2.30. The second-order valence-corrected chi connectivity index (χ2v) is 7.08. The van der Waals surface area contributed by atoms with Crippen LogP contribution >= 0.6 is 11.3 Å². The van der Waals surface area contributed by atoms with Crippen molar-refractivity contribution in [2.75, 3.05) is 6.54 Å². The van der Waals surface area contributed by atoms with E-state index in [9.17, 15) is 0 Å². The van der Waals surface area contributed by atoms with Gasteiger partial charge in [0.15, 0.2) is 0 Å². The minimum absolute atomic E-state index is 0.814. The summed E-state index contributed by atoms with van der Waals surface area (Å²) in [6.07, 6.45) is 5.57. The maximum Gasteiger partial charge on any atom is 0.0302 e. The van der Waals surface area contributed by atoms with E-state index in [4.69, 9.17) is 0 Å². The van der Waals surface area contributed by atoms with Crippen molar-refractivity contribution >= 4 is 11.3 Å². The lowest BCUT2D eigenvalue weighted by molar-refractivity contribution is 0.269. The molecule has 0 bridgehead atoms. The Labute approximate surface area is 114 Å². The predicted molar refractivity (Wildman–Crippen MR) is 78.0 cm³/mol. The molecule has 2 saturated carbocycles. The van der Waals surface area contributed by atoms with Crippen molar-refractivity contribution in [3.05, 3.63) is 21.4 Å². The number of rotatable bonds is 7. The van der Waals surface area contributed by atoms with Crippen molar-refractivity contribution in [3.8, 4) is 0 Å². The van der Waals surface area contributed by atoms with E-state index in [1.165, 1.54) is 42.0 Å². The Hall–Kier alpha value is -0.380. The van der Waals surface area contributed by atoms with Gasteiger partial charge in [-0.2, -0.15) is 0 Å². The van der Waals surface area contributed by atoms with E-state index in [0.29, 0.717) is 0 Å². The van der Waals surface area contributed by atoms with Crippen LogP contribution in [0, 0.1) is 6.92 Å². The summed E-state index contributed by atoms with van der Waals surface area (Å²) in [6, 6.07) is 4.12. The molecule has 0 aromatic carbocycles. The molecule has 100 valence electrons. The van der Waals surface area contributed by atoms with E-state index in [-0.39, 0.29) is 0 Å². The number of nitrogens with one attached hydrogen (secondary N) is 1. The summed E-state index contributed by atoms with van der Waals surface area (Å²) in [4.78, 5) is 5.66. The van der Waals surface area contributed by atoms with Gasteiger partial charge in [-0.15, -0.1) is 11.3 Å². The Morgan fingerprint density at radius 2 is 2.11 bits per heavy atom. The monoisotopic (exact) mass is 264 g/mol. The van der Waals surface area contributed by atoms with E-state index in [0.717, 1.165) is 25.2 Å². The molecule has 1 heterocycles. The molecule has 2 nitrogen and oxygen atoms in total. The van der Waals surface area contributed by atoms with Crippen molar-refractivity contribution in [3.63, 3.8) is 0 Å². The molecule has 1 aromatic heterocycles. The summed E-state index contributed by atoms with van der Waals surface area (Å²) < 4.78 is 0. The lowest BCUT2D eigenvalue weighted by Gasteiger charge is -2.19. The fraction of sp³-hybridized carbons (Fsp3) is 0.733. The van der Waals surface area contributed by atoms with Crippen molar-refractivity contribution in [2.24, 2.45) is 0 Å². The highest BCUT2D eigenvalue weighted by atomic mass is 32.1. The van der Waals surface area contributed by atoms with Crippen LogP contribution < -0.4 is 5.32 Å². The molecule has 1 aromatic rings. The van der Waals surface area contributed by atoms with Gasteiger partial charge in [0.25, 0.3) is 0 Å². The van der Waals surface area contributed by atoms with E-state index >= 15 is 0 Å². The summed E-state index contributed by atoms with van der Waals surface area (Å²) in [5.41, 5.74) is 1.56. The molecule has 2 fully saturated rings. The van der Waals surface area contributed by atoms with Crippen LogP contribution in [0.5, 0.6) is 0 Å². The third-order valence-electron chi connectivity index (χ3n) is 4.06. The van der Waals surface area contributed by atoms with Gasteiger partial charge in [0, 0.05) is 34.9 Å². The topological polar surface area (TPSA) is 15.3 Å². The van der Waals surface area contributed by atoms with Gasteiger partial charge >= 0.3 is 0 Å². The van der Waals surface area contributed by atoms with Crippen LogP contribution in [0.4, 0.5) is 0 Å². The smallest absolute Gasteiger partial charge is 0.0302 e. The molecule has 0 radical (unpaired) electrons. The van der Waals surface area contributed by atoms with Crippen LogP contribution in [-0.2, 0) is 13.1 Å². The summed E-state index contributed by atoms with van der Waals surface area (Å²) >= 11 is 1.98. The van der Waals surface area contributed by atoms with Gasteiger partial charge in [0.1, 0.15) is 0 Å². The number of thiophene rings is 1. The molecule has 1 N–H and O–H groups in total. The first-order valence-electron chi connectivity index (χ1n) is 7.32. The fourth-order valence-corrected chi connectivity index (χ4v) is 3.53. The van der Waals surface area contributed by atoms with Gasteiger partial charge in [-0.3, -0.25) is 4.90 Å². The molecule has 3 rings (SSSR count). The highest BCUT2D eigenvalue weighted by molar-refractivity contribution is 7.12. The van der Waals surface area contributed by atoms with Gasteiger partial charge < -0.3 is 5.32 Å². The maximum absolute atomic E-state index is 3.61. The molecule has 0 saturated heterocycles. The average molecular weight is 264 g/mol. The van der Waals surface area contributed by atoms with E-state index < -0.39 is 0 Å². The van der Waals surface area contributed by atoms with Gasteiger partial charge in [-0.25, -0.2) is 0 Å². The van der Waals surface area contributed by atoms with Crippen molar-refractivity contribution in [1.29, 1.82) is 0 Å². The molecule has 0 aliphatic heterocycles. The maximum atomic E-state index is 3.61. The Bertz CT molecular complexity index is 405. The lowest BCUT2D eigenvalue weighted by Crippen LogP contribution is -2.25. The number of hydrogen-bond acceptors (Lipinski definition) is 3. The van der Waals surface area contributed by atoms with Crippen molar-refractivity contribution in [2.45, 2.75) is 64.7 Å². The third-order valence-corrected chi connectivity index (χ3v) is 5.15. The van der Waals surface area contributed by atoms with Crippen molar-refractivity contribution < 1.29 is 0 Å². The van der Waals surface area contributed by atoms with Crippen LogP contribution in [0.1, 0.15) is 47.9 Å². The molecular formula is C15H24N2S. The lowest BCUT2D eigenvalue weighted by atomic mass is 10.2. The minimum Gasteiger partial charge on any atom is -0.309 e. The second kappa shape index (κ2) is 5.32.